The maximum Gasteiger partial charge on any atom is 0.242 e. The fourth-order valence-electron chi connectivity index (χ4n) is 3.71. The molecule has 1 saturated heterocycles. The van der Waals surface area contributed by atoms with Gasteiger partial charge in [-0.3, -0.25) is 4.79 Å². The van der Waals surface area contributed by atoms with Gasteiger partial charge in [0.1, 0.15) is 0 Å². The summed E-state index contributed by atoms with van der Waals surface area (Å²) in [6.45, 7) is 3.83. The first-order valence-electron chi connectivity index (χ1n) is 10.4. The van der Waals surface area contributed by atoms with E-state index in [0.29, 0.717) is 9.87 Å². The number of rotatable bonds is 8. The monoisotopic (exact) mass is 479 g/mol. The minimum Gasteiger partial charge on any atom is -0.301 e. The van der Waals surface area contributed by atoms with Crippen molar-refractivity contribution in [3.05, 3.63) is 59.2 Å². The molecular weight excluding hydrogens is 450 g/mol. The summed E-state index contributed by atoms with van der Waals surface area (Å²) in [5.74, 6) is -0.838. The third kappa shape index (κ3) is 5.03. The lowest BCUT2D eigenvalue weighted by molar-refractivity contribution is -0.116. The van der Waals surface area contributed by atoms with E-state index in [4.69, 9.17) is 0 Å². The number of nitrogens with zero attached hydrogens (tertiary/aromatic N) is 2. The van der Waals surface area contributed by atoms with Gasteiger partial charge in [0.25, 0.3) is 0 Å². The Kier molecular flexibility index (Phi) is 7.09. The Hall–Kier alpha value is -2.27. The van der Waals surface area contributed by atoms with Crippen molar-refractivity contribution in [2.75, 3.05) is 30.7 Å². The fourth-order valence-corrected chi connectivity index (χ4v) is 6.47. The molecule has 2 aromatic rings. The number of nitrogens with one attached hydrogen (secondary N) is 1. The lowest BCUT2D eigenvalue weighted by Gasteiger charge is -2.25. The number of hydrogen-bond donors (Lipinski definition) is 1. The predicted octanol–water partition coefficient (Wildman–Crippen LogP) is 2.21. The number of anilines is 1. The SMILES string of the molecule is CCc1ccc([C@@H](CNS(=O)(=O)c2cc(N3C(=O)CCS3(=O)=O)ccc2C)N(C)C)cc1. The van der Waals surface area contributed by atoms with Gasteiger partial charge in [0.05, 0.1) is 16.3 Å². The highest BCUT2D eigenvalue weighted by Gasteiger charge is 2.37. The summed E-state index contributed by atoms with van der Waals surface area (Å²) >= 11 is 0. The highest BCUT2D eigenvalue weighted by molar-refractivity contribution is 7.94. The first-order valence-corrected chi connectivity index (χ1v) is 13.5. The number of carbonyl (C=O) groups excluding carboxylic acids is 1. The molecule has 0 spiro atoms. The van der Waals surface area contributed by atoms with E-state index in [1.165, 1.54) is 23.8 Å². The quantitative estimate of drug-likeness (QED) is 0.623. The molecule has 1 fully saturated rings. The average Bonchev–Trinajstić information content (AvgIpc) is 3.01. The van der Waals surface area contributed by atoms with Crippen LogP contribution in [0.1, 0.15) is 36.1 Å². The van der Waals surface area contributed by atoms with Crippen molar-refractivity contribution >= 4 is 31.6 Å². The van der Waals surface area contributed by atoms with Crippen LogP contribution < -0.4 is 9.03 Å². The Bertz CT molecular complexity index is 1210. The number of amides is 1. The molecule has 0 radical (unpaired) electrons. The molecule has 1 aliphatic heterocycles. The minimum absolute atomic E-state index is 0.0396. The lowest BCUT2D eigenvalue weighted by Crippen LogP contribution is -2.35. The number of benzene rings is 2. The zero-order chi connectivity index (χ0) is 23.7. The zero-order valence-corrected chi connectivity index (χ0v) is 20.3. The van der Waals surface area contributed by atoms with Crippen molar-refractivity contribution in [3.63, 3.8) is 0 Å². The van der Waals surface area contributed by atoms with Gasteiger partial charge in [0, 0.05) is 19.0 Å². The summed E-state index contributed by atoms with van der Waals surface area (Å²) in [5, 5.41) is 0. The summed E-state index contributed by atoms with van der Waals surface area (Å²) in [7, 11) is -3.98. The third-order valence-corrected chi connectivity index (χ3v) is 8.89. The zero-order valence-electron chi connectivity index (χ0n) is 18.7. The van der Waals surface area contributed by atoms with E-state index in [0.717, 1.165) is 12.0 Å². The van der Waals surface area contributed by atoms with Crippen molar-refractivity contribution in [3.8, 4) is 0 Å². The molecule has 1 aliphatic rings. The van der Waals surface area contributed by atoms with E-state index < -0.39 is 26.0 Å². The van der Waals surface area contributed by atoms with E-state index in [9.17, 15) is 21.6 Å². The number of sulfonamides is 2. The van der Waals surface area contributed by atoms with Gasteiger partial charge < -0.3 is 4.90 Å². The van der Waals surface area contributed by atoms with Crippen molar-refractivity contribution in [2.24, 2.45) is 0 Å². The molecular formula is C22H29N3O5S2. The Morgan fingerprint density at radius 2 is 1.78 bits per heavy atom. The van der Waals surface area contributed by atoms with Crippen LogP contribution in [-0.4, -0.2) is 54.0 Å². The minimum atomic E-state index is -3.96. The van der Waals surface area contributed by atoms with Gasteiger partial charge >= 0.3 is 0 Å². The maximum atomic E-state index is 13.1. The van der Waals surface area contributed by atoms with Crippen LogP contribution in [-0.2, 0) is 31.3 Å². The molecule has 1 N–H and O–H groups in total. The van der Waals surface area contributed by atoms with Gasteiger partial charge in [-0.2, -0.15) is 0 Å². The predicted molar refractivity (Wildman–Crippen MR) is 125 cm³/mol. The fraction of sp³-hybridized carbons (Fsp3) is 0.409. The Morgan fingerprint density at radius 1 is 1.12 bits per heavy atom. The van der Waals surface area contributed by atoms with Crippen LogP contribution >= 0.6 is 0 Å². The Balaban J connectivity index is 1.87. The van der Waals surface area contributed by atoms with E-state index in [1.807, 2.05) is 43.3 Å². The molecule has 1 heterocycles. The number of hydrogen-bond acceptors (Lipinski definition) is 6. The molecule has 1 atom stereocenters. The van der Waals surface area contributed by atoms with Crippen molar-refractivity contribution in [1.29, 1.82) is 0 Å². The first kappa shape index (κ1) is 24.4. The van der Waals surface area contributed by atoms with Crippen LogP contribution in [0.25, 0.3) is 0 Å². The second-order valence-corrected chi connectivity index (χ2v) is 11.8. The molecule has 1 amide bonds. The lowest BCUT2D eigenvalue weighted by atomic mass is 10.0. The number of likely N-dealkylation sites (N-methyl/N-ethyl adjacent to an activating group) is 1. The van der Waals surface area contributed by atoms with Gasteiger partial charge in [0.15, 0.2) is 0 Å². The van der Waals surface area contributed by atoms with Crippen LogP contribution in [0.3, 0.4) is 0 Å². The van der Waals surface area contributed by atoms with Crippen LogP contribution in [0.15, 0.2) is 47.4 Å². The molecule has 0 saturated carbocycles. The second kappa shape index (κ2) is 9.30. The van der Waals surface area contributed by atoms with E-state index in [-0.39, 0.29) is 35.3 Å². The molecule has 0 aliphatic carbocycles. The molecule has 10 heteroatoms. The smallest absolute Gasteiger partial charge is 0.242 e. The van der Waals surface area contributed by atoms with Crippen LogP contribution in [0.5, 0.6) is 0 Å². The molecule has 3 rings (SSSR count). The third-order valence-electron chi connectivity index (χ3n) is 5.64. The van der Waals surface area contributed by atoms with Crippen LogP contribution in [0.4, 0.5) is 5.69 Å². The Labute approximate surface area is 190 Å². The normalized spacial score (nSPS) is 17.2. The highest BCUT2D eigenvalue weighted by Crippen LogP contribution is 2.29. The highest BCUT2D eigenvalue weighted by atomic mass is 32.2. The molecule has 174 valence electrons. The van der Waals surface area contributed by atoms with Crippen molar-refractivity contribution < 1.29 is 21.6 Å². The summed E-state index contributed by atoms with van der Waals surface area (Å²) in [6, 6.07) is 12.1. The average molecular weight is 480 g/mol. The second-order valence-electron chi connectivity index (χ2n) is 8.10. The van der Waals surface area contributed by atoms with Gasteiger partial charge in [-0.05, 0) is 56.3 Å². The van der Waals surface area contributed by atoms with E-state index in [2.05, 4.69) is 11.6 Å². The van der Waals surface area contributed by atoms with Gasteiger partial charge in [-0.1, -0.05) is 37.3 Å². The summed E-state index contributed by atoms with van der Waals surface area (Å²) in [4.78, 5) is 14.0. The topological polar surface area (TPSA) is 104 Å². The van der Waals surface area contributed by atoms with E-state index in [1.54, 1.807) is 6.92 Å². The largest absolute Gasteiger partial charge is 0.301 e. The van der Waals surface area contributed by atoms with Gasteiger partial charge in [0.2, 0.25) is 26.0 Å². The first-order chi connectivity index (χ1) is 15.0. The summed E-state index contributed by atoms with van der Waals surface area (Å²) in [6.07, 6.45) is 0.808. The standard InChI is InChI=1S/C22H29N3O5S2/c1-5-17-7-9-18(10-8-17)20(24(3)4)15-23-32(29,30)21-14-19(11-6-16(21)2)25-22(26)12-13-31(25,27)28/h6-11,14,20,23H,5,12-13,15H2,1-4H3/t20-/m1/s1. The molecule has 2 aromatic carbocycles. The summed E-state index contributed by atoms with van der Waals surface area (Å²) in [5.41, 5.74) is 2.68. The molecule has 8 nitrogen and oxygen atoms in total. The maximum absolute atomic E-state index is 13.1. The van der Waals surface area contributed by atoms with Crippen LogP contribution in [0.2, 0.25) is 0 Å². The summed E-state index contributed by atoms with van der Waals surface area (Å²) < 4.78 is 54.1. The molecule has 32 heavy (non-hydrogen) atoms. The molecule has 0 aromatic heterocycles. The van der Waals surface area contributed by atoms with Crippen LogP contribution in [0, 0.1) is 6.92 Å². The Morgan fingerprint density at radius 3 is 2.31 bits per heavy atom. The van der Waals surface area contributed by atoms with Gasteiger partial charge in [-0.15, -0.1) is 0 Å². The van der Waals surface area contributed by atoms with E-state index >= 15 is 0 Å². The van der Waals surface area contributed by atoms with Gasteiger partial charge in [-0.25, -0.2) is 25.9 Å². The molecule has 0 unspecified atom stereocenters. The number of carbonyl (C=O) groups is 1. The van der Waals surface area contributed by atoms with Crippen molar-refractivity contribution in [2.45, 2.75) is 37.6 Å². The molecule has 0 bridgehead atoms. The number of aryl methyl sites for hydroxylation is 2. The van der Waals surface area contributed by atoms with Crippen molar-refractivity contribution in [1.82, 2.24) is 9.62 Å².